The summed E-state index contributed by atoms with van der Waals surface area (Å²) in [6, 6.07) is 0.0172. The van der Waals surface area contributed by atoms with Crippen molar-refractivity contribution in [3.63, 3.8) is 0 Å². The molecule has 1 heterocycles. The second-order valence-corrected chi connectivity index (χ2v) is 4.20. The summed E-state index contributed by atoms with van der Waals surface area (Å²) in [6.07, 6.45) is 9.04. The van der Waals surface area contributed by atoms with Crippen molar-refractivity contribution in [2.45, 2.75) is 32.4 Å². The molecular formula is C12H17N3O. The standard InChI is InChI=1S/C12H17N3O/c1-2-6-15-7-5-14-12(15)11(16)9-3-4-10(13)8-9/h3-5,7,9-10H,2,6,8,13H2,1H3. The van der Waals surface area contributed by atoms with Gasteiger partial charge in [0.2, 0.25) is 5.78 Å². The van der Waals surface area contributed by atoms with Crippen LogP contribution in [0.25, 0.3) is 0 Å². The summed E-state index contributed by atoms with van der Waals surface area (Å²) in [6.45, 7) is 2.92. The van der Waals surface area contributed by atoms with E-state index in [1.54, 1.807) is 6.20 Å². The van der Waals surface area contributed by atoms with E-state index in [2.05, 4.69) is 11.9 Å². The zero-order valence-electron chi connectivity index (χ0n) is 9.47. The molecule has 0 spiro atoms. The average Bonchev–Trinajstić information content (AvgIpc) is 2.87. The second kappa shape index (κ2) is 4.61. The van der Waals surface area contributed by atoms with Gasteiger partial charge < -0.3 is 10.3 Å². The Hall–Kier alpha value is -1.42. The minimum Gasteiger partial charge on any atom is -0.329 e. The van der Waals surface area contributed by atoms with Gasteiger partial charge in [0.1, 0.15) is 0 Å². The predicted octanol–water partition coefficient (Wildman–Crippen LogP) is 1.38. The Bertz CT molecular complexity index is 408. The molecule has 1 aliphatic rings. The highest BCUT2D eigenvalue weighted by atomic mass is 16.1. The van der Waals surface area contributed by atoms with E-state index < -0.39 is 0 Å². The van der Waals surface area contributed by atoms with Crippen molar-refractivity contribution in [3.8, 4) is 0 Å². The number of nitrogens with two attached hydrogens (primary N) is 1. The highest BCUT2D eigenvalue weighted by Gasteiger charge is 2.26. The lowest BCUT2D eigenvalue weighted by Gasteiger charge is -2.09. The van der Waals surface area contributed by atoms with Crippen LogP contribution in [0.15, 0.2) is 24.5 Å². The number of nitrogens with zero attached hydrogens (tertiary/aromatic N) is 2. The van der Waals surface area contributed by atoms with Gasteiger partial charge in [0, 0.05) is 30.9 Å². The van der Waals surface area contributed by atoms with Gasteiger partial charge in [-0.15, -0.1) is 0 Å². The van der Waals surface area contributed by atoms with E-state index in [1.165, 1.54) is 0 Å². The van der Waals surface area contributed by atoms with E-state index in [1.807, 2.05) is 22.9 Å². The average molecular weight is 219 g/mol. The van der Waals surface area contributed by atoms with Gasteiger partial charge in [-0.25, -0.2) is 4.98 Å². The maximum Gasteiger partial charge on any atom is 0.205 e. The van der Waals surface area contributed by atoms with Crippen LogP contribution in [0.4, 0.5) is 0 Å². The molecule has 0 aromatic carbocycles. The van der Waals surface area contributed by atoms with Crippen molar-refractivity contribution in [1.29, 1.82) is 0 Å². The Labute approximate surface area is 95.2 Å². The first-order valence-electron chi connectivity index (χ1n) is 5.71. The van der Waals surface area contributed by atoms with Gasteiger partial charge in [-0.05, 0) is 12.8 Å². The number of aromatic nitrogens is 2. The van der Waals surface area contributed by atoms with Crippen molar-refractivity contribution in [2.75, 3.05) is 0 Å². The van der Waals surface area contributed by atoms with E-state index >= 15 is 0 Å². The smallest absolute Gasteiger partial charge is 0.205 e. The SMILES string of the molecule is CCCn1ccnc1C(=O)C1C=CC(N)C1. The van der Waals surface area contributed by atoms with Crippen molar-refractivity contribution in [2.24, 2.45) is 11.7 Å². The molecule has 1 aliphatic carbocycles. The number of hydrogen-bond donors (Lipinski definition) is 1. The Morgan fingerprint density at radius 2 is 2.44 bits per heavy atom. The number of aryl methyl sites for hydroxylation is 1. The van der Waals surface area contributed by atoms with Crippen molar-refractivity contribution >= 4 is 5.78 Å². The molecule has 2 rings (SSSR count). The van der Waals surface area contributed by atoms with Gasteiger partial charge >= 0.3 is 0 Å². The summed E-state index contributed by atoms with van der Waals surface area (Å²) in [7, 11) is 0. The third kappa shape index (κ3) is 2.07. The predicted molar refractivity (Wildman–Crippen MR) is 62.1 cm³/mol. The fourth-order valence-corrected chi connectivity index (χ4v) is 2.04. The highest BCUT2D eigenvalue weighted by Crippen LogP contribution is 2.20. The van der Waals surface area contributed by atoms with Crippen LogP contribution in [0.3, 0.4) is 0 Å². The molecule has 1 aromatic rings. The van der Waals surface area contributed by atoms with Crippen LogP contribution < -0.4 is 5.73 Å². The molecule has 0 saturated heterocycles. The summed E-state index contributed by atoms with van der Waals surface area (Å²) < 4.78 is 1.92. The highest BCUT2D eigenvalue weighted by molar-refractivity contribution is 5.96. The first-order valence-corrected chi connectivity index (χ1v) is 5.71. The number of rotatable bonds is 4. The molecule has 0 saturated carbocycles. The van der Waals surface area contributed by atoms with Gasteiger partial charge in [-0.1, -0.05) is 19.1 Å². The number of Topliss-reactive ketones (excluding diaryl/α,β-unsaturated/α-hetero) is 1. The Morgan fingerprint density at radius 1 is 1.62 bits per heavy atom. The minimum absolute atomic E-state index is 0.0172. The molecule has 0 fully saturated rings. The van der Waals surface area contributed by atoms with Gasteiger partial charge in [0.15, 0.2) is 5.82 Å². The fraction of sp³-hybridized carbons (Fsp3) is 0.500. The van der Waals surface area contributed by atoms with Gasteiger partial charge in [-0.2, -0.15) is 0 Å². The largest absolute Gasteiger partial charge is 0.329 e. The van der Waals surface area contributed by atoms with Crippen LogP contribution in [0.5, 0.6) is 0 Å². The quantitative estimate of drug-likeness (QED) is 0.614. The zero-order valence-corrected chi connectivity index (χ0v) is 9.47. The Kier molecular flexibility index (Phi) is 3.19. The number of hydrogen-bond acceptors (Lipinski definition) is 3. The first-order chi connectivity index (χ1) is 7.72. The summed E-state index contributed by atoms with van der Waals surface area (Å²) >= 11 is 0. The molecular weight excluding hydrogens is 202 g/mol. The number of carbonyl (C=O) groups is 1. The number of allylic oxidation sites excluding steroid dienone is 1. The lowest BCUT2D eigenvalue weighted by molar-refractivity contribution is 0.0928. The van der Waals surface area contributed by atoms with E-state index in [0.717, 1.165) is 13.0 Å². The molecule has 0 radical (unpaired) electrons. The van der Waals surface area contributed by atoms with E-state index in [0.29, 0.717) is 12.2 Å². The summed E-state index contributed by atoms with van der Waals surface area (Å²) in [4.78, 5) is 16.3. The molecule has 2 atom stereocenters. The first kappa shape index (κ1) is 11.1. The number of imidazole rings is 1. The minimum atomic E-state index is -0.0898. The monoisotopic (exact) mass is 219 g/mol. The topological polar surface area (TPSA) is 60.9 Å². The van der Waals surface area contributed by atoms with Crippen LogP contribution in [0.1, 0.15) is 30.4 Å². The summed E-state index contributed by atoms with van der Waals surface area (Å²) in [5.41, 5.74) is 5.75. The van der Waals surface area contributed by atoms with Crippen LogP contribution in [0, 0.1) is 5.92 Å². The third-order valence-electron chi connectivity index (χ3n) is 2.85. The molecule has 86 valence electrons. The van der Waals surface area contributed by atoms with Crippen molar-refractivity contribution in [1.82, 2.24) is 9.55 Å². The Morgan fingerprint density at radius 3 is 3.06 bits per heavy atom. The van der Waals surface area contributed by atoms with E-state index in [-0.39, 0.29) is 17.7 Å². The van der Waals surface area contributed by atoms with Crippen molar-refractivity contribution < 1.29 is 4.79 Å². The van der Waals surface area contributed by atoms with Crippen LogP contribution in [-0.4, -0.2) is 21.4 Å². The van der Waals surface area contributed by atoms with E-state index in [9.17, 15) is 4.79 Å². The molecule has 0 amide bonds. The van der Waals surface area contributed by atoms with E-state index in [4.69, 9.17) is 5.73 Å². The van der Waals surface area contributed by atoms with Gasteiger partial charge in [0.05, 0.1) is 0 Å². The number of carbonyl (C=O) groups excluding carboxylic acids is 1. The Balaban J connectivity index is 2.14. The maximum absolute atomic E-state index is 12.2. The molecule has 16 heavy (non-hydrogen) atoms. The second-order valence-electron chi connectivity index (χ2n) is 4.20. The molecule has 2 N–H and O–H groups in total. The number of ketones is 1. The summed E-state index contributed by atoms with van der Waals surface area (Å²) in [5, 5.41) is 0. The third-order valence-corrected chi connectivity index (χ3v) is 2.85. The molecule has 4 nitrogen and oxygen atoms in total. The maximum atomic E-state index is 12.2. The molecule has 2 unspecified atom stereocenters. The molecule has 0 aliphatic heterocycles. The van der Waals surface area contributed by atoms with Gasteiger partial charge in [-0.3, -0.25) is 4.79 Å². The molecule has 0 bridgehead atoms. The summed E-state index contributed by atoms with van der Waals surface area (Å²) in [5.74, 6) is 0.557. The lowest BCUT2D eigenvalue weighted by Crippen LogP contribution is -2.21. The van der Waals surface area contributed by atoms with Gasteiger partial charge in [0.25, 0.3) is 0 Å². The lowest BCUT2D eigenvalue weighted by atomic mass is 10.0. The fourth-order valence-electron chi connectivity index (χ4n) is 2.04. The molecule has 4 heteroatoms. The molecule has 1 aromatic heterocycles. The zero-order chi connectivity index (χ0) is 11.5. The van der Waals surface area contributed by atoms with Crippen molar-refractivity contribution in [3.05, 3.63) is 30.4 Å². The van der Waals surface area contributed by atoms with Crippen LogP contribution in [-0.2, 0) is 6.54 Å². The van der Waals surface area contributed by atoms with Crippen LogP contribution >= 0.6 is 0 Å². The normalized spacial score (nSPS) is 23.9. The van der Waals surface area contributed by atoms with Crippen LogP contribution in [0.2, 0.25) is 0 Å².